The van der Waals surface area contributed by atoms with E-state index in [1.54, 1.807) is 7.11 Å². The Morgan fingerprint density at radius 1 is 0.926 bits per heavy atom. The molecule has 3 nitrogen and oxygen atoms in total. The van der Waals surface area contributed by atoms with Gasteiger partial charge in [0.05, 0.1) is 7.11 Å². The number of benzene rings is 2. The van der Waals surface area contributed by atoms with Gasteiger partial charge in [0, 0.05) is 18.1 Å². The molecular formula is C24H34N2O. The maximum Gasteiger partial charge on any atom is 0.118 e. The Balaban J connectivity index is 1.62. The lowest BCUT2D eigenvalue weighted by Gasteiger charge is -2.47. The van der Waals surface area contributed by atoms with Crippen LogP contribution in [0.1, 0.15) is 36.8 Å². The Kier molecular flexibility index (Phi) is 6.56. The van der Waals surface area contributed by atoms with Crippen molar-refractivity contribution in [3.63, 3.8) is 0 Å². The zero-order valence-electron chi connectivity index (χ0n) is 17.3. The lowest BCUT2D eigenvalue weighted by atomic mass is 9.73. The van der Waals surface area contributed by atoms with Crippen molar-refractivity contribution < 1.29 is 4.74 Å². The summed E-state index contributed by atoms with van der Waals surface area (Å²) in [6, 6.07) is 20.2. The van der Waals surface area contributed by atoms with Crippen LogP contribution < -0.4 is 4.74 Å². The maximum atomic E-state index is 5.34. The molecule has 1 aliphatic rings. The van der Waals surface area contributed by atoms with Crippen molar-refractivity contribution >= 4 is 0 Å². The van der Waals surface area contributed by atoms with E-state index >= 15 is 0 Å². The summed E-state index contributed by atoms with van der Waals surface area (Å²) in [5.41, 5.74) is 2.99. The highest BCUT2D eigenvalue weighted by Gasteiger charge is 2.39. The first-order valence-corrected chi connectivity index (χ1v) is 10.1. The molecule has 3 rings (SSSR count). The molecule has 0 radical (unpaired) electrons. The SMILES string of the molecule is COc1ccc(C2(N(C)C)CCC(N(C)CCc3ccccc3)CC2)cc1. The van der Waals surface area contributed by atoms with Gasteiger partial charge in [-0.3, -0.25) is 4.90 Å². The van der Waals surface area contributed by atoms with Gasteiger partial charge in [0.2, 0.25) is 0 Å². The van der Waals surface area contributed by atoms with Gasteiger partial charge in [-0.1, -0.05) is 42.5 Å². The molecule has 146 valence electrons. The van der Waals surface area contributed by atoms with E-state index in [4.69, 9.17) is 4.74 Å². The first-order valence-electron chi connectivity index (χ1n) is 10.1. The van der Waals surface area contributed by atoms with Crippen molar-refractivity contribution in [1.29, 1.82) is 0 Å². The van der Waals surface area contributed by atoms with Crippen LogP contribution in [0.25, 0.3) is 0 Å². The molecule has 1 saturated carbocycles. The van der Waals surface area contributed by atoms with E-state index < -0.39 is 0 Å². The molecule has 0 heterocycles. The summed E-state index contributed by atoms with van der Waals surface area (Å²) in [7, 11) is 8.48. The summed E-state index contributed by atoms with van der Waals surface area (Å²) < 4.78 is 5.34. The number of ether oxygens (including phenoxy) is 1. The average Bonchev–Trinajstić information content (AvgIpc) is 2.72. The van der Waals surface area contributed by atoms with Crippen LogP contribution in [0.3, 0.4) is 0 Å². The van der Waals surface area contributed by atoms with Crippen LogP contribution in [-0.4, -0.2) is 50.6 Å². The second-order valence-corrected chi connectivity index (χ2v) is 8.10. The van der Waals surface area contributed by atoms with Gasteiger partial charge in [-0.25, -0.2) is 0 Å². The minimum Gasteiger partial charge on any atom is -0.497 e. The fourth-order valence-electron chi connectivity index (χ4n) is 4.55. The topological polar surface area (TPSA) is 15.7 Å². The van der Waals surface area contributed by atoms with Crippen LogP contribution in [0.15, 0.2) is 54.6 Å². The van der Waals surface area contributed by atoms with Crippen LogP contribution in [0, 0.1) is 0 Å². The summed E-state index contributed by atoms with van der Waals surface area (Å²) in [5, 5.41) is 0. The third-order valence-corrected chi connectivity index (χ3v) is 6.49. The predicted octanol–water partition coefficient (Wildman–Crippen LogP) is 4.57. The van der Waals surface area contributed by atoms with Crippen LogP contribution >= 0.6 is 0 Å². The van der Waals surface area contributed by atoms with E-state index in [-0.39, 0.29) is 5.54 Å². The smallest absolute Gasteiger partial charge is 0.118 e. The van der Waals surface area contributed by atoms with E-state index in [0.717, 1.165) is 18.7 Å². The highest BCUT2D eigenvalue weighted by Crippen LogP contribution is 2.42. The van der Waals surface area contributed by atoms with Crippen LogP contribution in [-0.2, 0) is 12.0 Å². The number of hydrogen-bond acceptors (Lipinski definition) is 3. The van der Waals surface area contributed by atoms with Gasteiger partial charge in [-0.05, 0) is 76.5 Å². The summed E-state index contributed by atoms with van der Waals surface area (Å²) in [6.07, 6.45) is 6.02. The fourth-order valence-corrected chi connectivity index (χ4v) is 4.55. The lowest BCUT2D eigenvalue weighted by Crippen LogP contribution is -2.48. The summed E-state index contributed by atoms with van der Waals surface area (Å²) >= 11 is 0. The number of rotatable bonds is 7. The normalized spacial score (nSPS) is 23.0. The van der Waals surface area contributed by atoms with Gasteiger partial charge in [0.25, 0.3) is 0 Å². The number of nitrogens with zero attached hydrogens (tertiary/aromatic N) is 2. The Morgan fingerprint density at radius 3 is 2.11 bits per heavy atom. The van der Waals surface area contributed by atoms with Crippen molar-refractivity contribution in [2.45, 2.75) is 43.7 Å². The molecule has 0 aromatic heterocycles. The molecule has 0 spiro atoms. The molecular weight excluding hydrogens is 332 g/mol. The quantitative estimate of drug-likeness (QED) is 0.714. The summed E-state index contributed by atoms with van der Waals surface area (Å²) in [6.45, 7) is 1.13. The van der Waals surface area contributed by atoms with E-state index in [2.05, 4.69) is 85.5 Å². The van der Waals surface area contributed by atoms with Gasteiger partial charge in [0.15, 0.2) is 0 Å². The van der Waals surface area contributed by atoms with E-state index in [9.17, 15) is 0 Å². The molecule has 27 heavy (non-hydrogen) atoms. The van der Waals surface area contributed by atoms with Crippen LogP contribution in [0.5, 0.6) is 5.75 Å². The third-order valence-electron chi connectivity index (χ3n) is 6.49. The molecule has 0 aliphatic heterocycles. The molecule has 2 aromatic carbocycles. The molecule has 0 atom stereocenters. The first kappa shape index (κ1) is 19.9. The predicted molar refractivity (Wildman–Crippen MR) is 113 cm³/mol. The van der Waals surface area contributed by atoms with Crippen molar-refractivity contribution in [2.24, 2.45) is 0 Å². The standard InChI is InChI=1S/C24H34N2O/c1-25(2)24(21-10-12-23(27-4)13-11-21)17-14-22(15-18-24)26(3)19-16-20-8-6-5-7-9-20/h5-13,22H,14-19H2,1-4H3. The van der Waals surface area contributed by atoms with Crippen molar-refractivity contribution in [3.05, 3.63) is 65.7 Å². The Morgan fingerprint density at radius 2 is 1.56 bits per heavy atom. The number of hydrogen-bond donors (Lipinski definition) is 0. The lowest BCUT2D eigenvalue weighted by molar-refractivity contribution is 0.0576. The fraction of sp³-hybridized carbons (Fsp3) is 0.500. The molecule has 1 aliphatic carbocycles. The second kappa shape index (κ2) is 8.90. The van der Waals surface area contributed by atoms with Crippen molar-refractivity contribution in [3.8, 4) is 5.75 Å². The zero-order chi connectivity index (χ0) is 19.3. The van der Waals surface area contributed by atoms with Gasteiger partial charge >= 0.3 is 0 Å². The largest absolute Gasteiger partial charge is 0.497 e. The van der Waals surface area contributed by atoms with Crippen LogP contribution in [0.4, 0.5) is 0 Å². The number of methoxy groups -OCH3 is 1. The Labute approximate surface area is 164 Å². The van der Waals surface area contributed by atoms with Gasteiger partial charge in [0.1, 0.15) is 5.75 Å². The van der Waals surface area contributed by atoms with Crippen molar-refractivity contribution in [1.82, 2.24) is 9.80 Å². The maximum absolute atomic E-state index is 5.34. The second-order valence-electron chi connectivity index (χ2n) is 8.10. The average molecular weight is 367 g/mol. The molecule has 0 amide bonds. The molecule has 3 heteroatoms. The number of likely N-dealkylation sites (N-methyl/N-ethyl adjacent to an activating group) is 1. The molecule has 0 unspecified atom stereocenters. The zero-order valence-corrected chi connectivity index (χ0v) is 17.3. The first-order chi connectivity index (χ1) is 13.0. The summed E-state index contributed by atoms with van der Waals surface area (Å²) in [4.78, 5) is 5.00. The minimum atomic E-state index is 0.142. The molecule has 2 aromatic rings. The van der Waals surface area contributed by atoms with E-state index in [0.29, 0.717) is 6.04 Å². The summed E-state index contributed by atoms with van der Waals surface area (Å²) in [5.74, 6) is 0.932. The molecule has 0 saturated heterocycles. The molecule has 0 bridgehead atoms. The van der Waals surface area contributed by atoms with Gasteiger partial charge in [-0.2, -0.15) is 0 Å². The Hall–Kier alpha value is -1.84. The minimum absolute atomic E-state index is 0.142. The molecule has 0 N–H and O–H groups in total. The highest BCUT2D eigenvalue weighted by molar-refractivity contribution is 5.32. The van der Waals surface area contributed by atoms with Crippen LogP contribution in [0.2, 0.25) is 0 Å². The van der Waals surface area contributed by atoms with E-state index in [1.165, 1.54) is 36.8 Å². The molecule has 1 fully saturated rings. The third kappa shape index (κ3) is 4.53. The highest BCUT2D eigenvalue weighted by atomic mass is 16.5. The monoisotopic (exact) mass is 366 g/mol. The Bertz CT molecular complexity index is 688. The van der Waals surface area contributed by atoms with Gasteiger partial charge in [-0.15, -0.1) is 0 Å². The van der Waals surface area contributed by atoms with Gasteiger partial charge < -0.3 is 9.64 Å². The van der Waals surface area contributed by atoms with E-state index in [1.807, 2.05) is 0 Å². The van der Waals surface area contributed by atoms with Crippen molar-refractivity contribution in [2.75, 3.05) is 34.8 Å².